The Kier molecular flexibility index (Phi) is 3.95. The van der Waals surface area contributed by atoms with E-state index in [4.69, 9.17) is 4.52 Å². The minimum Gasteiger partial charge on any atom is -0.356 e. The van der Waals surface area contributed by atoms with E-state index in [0.29, 0.717) is 29.7 Å². The fourth-order valence-electron chi connectivity index (χ4n) is 5.98. The van der Waals surface area contributed by atoms with E-state index in [1.165, 1.54) is 19.3 Å². The summed E-state index contributed by atoms with van der Waals surface area (Å²) < 4.78 is 5.44. The Labute approximate surface area is 154 Å². The van der Waals surface area contributed by atoms with Crippen LogP contribution in [0.4, 0.5) is 6.01 Å². The van der Waals surface area contributed by atoms with E-state index >= 15 is 0 Å². The van der Waals surface area contributed by atoms with Crippen LogP contribution in [0.5, 0.6) is 0 Å². The lowest BCUT2D eigenvalue weighted by Crippen LogP contribution is -2.60. The fraction of sp³-hybridized carbons (Fsp3) is 0.842. The highest BCUT2D eigenvalue weighted by Gasteiger charge is 2.47. The third-order valence-electron chi connectivity index (χ3n) is 7.29. The van der Waals surface area contributed by atoms with Crippen molar-refractivity contribution < 1.29 is 9.32 Å². The Balaban J connectivity index is 1.28. The minimum absolute atomic E-state index is 0.241. The summed E-state index contributed by atoms with van der Waals surface area (Å²) in [6.45, 7) is 7.13. The molecular weight excluding hydrogens is 330 g/mol. The maximum atomic E-state index is 11.7. The molecule has 2 bridgehead atoms. The van der Waals surface area contributed by atoms with Gasteiger partial charge in [0, 0.05) is 32.1 Å². The molecule has 3 aliphatic heterocycles. The molecule has 0 radical (unpaired) electrons. The van der Waals surface area contributed by atoms with Gasteiger partial charge >= 0.3 is 6.01 Å². The van der Waals surface area contributed by atoms with Gasteiger partial charge in [0.05, 0.1) is 0 Å². The van der Waals surface area contributed by atoms with Gasteiger partial charge in [0.25, 0.3) is 0 Å². The highest BCUT2D eigenvalue weighted by atomic mass is 16.5. The highest BCUT2D eigenvalue weighted by molar-refractivity contribution is 5.79. The number of hydrogen-bond donors (Lipinski definition) is 1. The molecule has 0 aromatic carbocycles. The van der Waals surface area contributed by atoms with Gasteiger partial charge in [0.15, 0.2) is 5.82 Å². The number of nitrogens with zero attached hydrogens (tertiary/aromatic N) is 4. The first-order chi connectivity index (χ1) is 12.6. The van der Waals surface area contributed by atoms with Crippen molar-refractivity contribution in [2.24, 2.45) is 17.3 Å². The molecule has 3 saturated heterocycles. The highest BCUT2D eigenvalue weighted by Crippen LogP contribution is 2.43. The number of amides is 1. The fourth-order valence-corrected chi connectivity index (χ4v) is 5.98. The molecule has 1 amide bonds. The summed E-state index contributed by atoms with van der Waals surface area (Å²) in [6, 6.07) is 1.39. The van der Waals surface area contributed by atoms with Gasteiger partial charge in [0.1, 0.15) is 0 Å². The van der Waals surface area contributed by atoms with Gasteiger partial charge in [-0.15, -0.1) is 0 Å². The van der Waals surface area contributed by atoms with Crippen molar-refractivity contribution in [1.82, 2.24) is 20.4 Å². The van der Waals surface area contributed by atoms with Crippen LogP contribution in [0, 0.1) is 24.2 Å². The smallest absolute Gasteiger partial charge is 0.324 e. The lowest BCUT2D eigenvalue weighted by molar-refractivity contribution is -0.120. The Morgan fingerprint density at radius 2 is 1.92 bits per heavy atom. The van der Waals surface area contributed by atoms with E-state index < -0.39 is 0 Å². The summed E-state index contributed by atoms with van der Waals surface area (Å²) in [5.74, 6) is 2.34. The van der Waals surface area contributed by atoms with Crippen LogP contribution in [0.3, 0.4) is 0 Å². The Morgan fingerprint density at radius 1 is 1.19 bits per heavy atom. The van der Waals surface area contributed by atoms with Crippen LogP contribution in [-0.4, -0.2) is 59.7 Å². The van der Waals surface area contributed by atoms with Gasteiger partial charge in [-0.05, 0) is 62.9 Å². The first-order valence-corrected chi connectivity index (χ1v) is 10.2. The standard InChI is InChI=1S/C19H29N5O2/c1-13-21-18(26-22-13)24-10-14-3-2-4-15(11-24)17(14)23-7-5-19(6-8-23)9-16(25)20-12-19/h14-15,17H,2-12H2,1H3,(H,20,25). The number of carbonyl (C=O) groups excluding carboxylic acids is 1. The molecule has 1 N–H and O–H groups in total. The summed E-state index contributed by atoms with van der Waals surface area (Å²) in [5, 5.41) is 7.02. The molecule has 1 saturated carbocycles. The normalized spacial score (nSPS) is 34.3. The molecule has 7 heteroatoms. The third kappa shape index (κ3) is 2.80. The molecule has 1 aromatic heterocycles. The van der Waals surface area contributed by atoms with E-state index in [2.05, 4.69) is 25.3 Å². The Morgan fingerprint density at radius 3 is 2.50 bits per heavy atom. The number of rotatable bonds is 2. The summed E-state index contributed by atoms with van der Waals surface area (Å²) in [6.07, 6.45) is 7.00. The number of nitrogens with one attached hydrogen (secondary N) is 1. The average Bonchev–Trinajstić information content (AvgIpc) is 3.21. The molecule has 1 aliphatic carbocycles. The average molecular weight is 359 g/mol. The monoisotopic (exact) mass is 359 g/mol. The molecule has 2 atom stereocenters. The molecule has 1 spiro atoms. The quantitative estimate of drug-likeness (QED) is 0.864. The maximum absolute atomic E-state index is 11.7. The first kappa shape index (κ1) is 16.5. The van der Waals surface area contributed by atoms with Crippen molar-refractivity contribution in [3.05, 3.63) is 5.82 Å². The lowest BCUT2D eigenvalue weighted by Gasteiger charge is -2.53. The second-order valence-electron chi connectivity index (χ2n) is 8.96. The molecule has 26 heavy (non-hydrogen) atoms. The Bertz CT molecular complexity index is 667. The summed E-state index contributed by atoms with van der Waals surface area (Å²) >= 11 is 0. The topological polar surface area (TPSA) is 74.5 Å². The predicted molar refractivity (Wildman–Crippen MR) is 96.7 cm³/mol. The van der Waals surface area contributed by atoms with Crippen LogP contribution in [0.15, 0.2) is 4.52 Å². The number of carbonyl (C=O) groups is 1. The number of likely N-dealkylation sites (tertiary alicyclic amines) is 1. The Hall–Kier alpha value is -1.63. The SMILES string of the molecule is Cc1noc(N2CC3CCCC(C2)C3N2CCC3(CC2)CNC(=O)C3)n1. The number of aromatic nitrogens is 2. The van der Waals surface area contributed by atoms with Gasteiger partial charge in [0.2, 0.25) is 5.91 Å². The predicted octanol–water partition coefficient (Wildman–Crippen LogP) is 1.59. The van der Waals surface area contributed by atoms with Gasteiger partial charge in [-0.3, -0.25) is 9.69 Å². The van der Waals surface area contributed by atoms with Crippen molar-refractivity contribution in [2.45, 2.75) is 51.5 Å². The third-order valence-corrected chi connectivity index (χ3v) is 7.29. The van der Waals surface area contributed by atoms with Gasteiger partial charge in [-0.25, -0.2) is 0 Å². The van der Waals surface area contributed by atoms with Crippen molar-refractivity contribution in [1.29, 1.82) is 0 Å². The van der Waals surface area contributed by atoms with Crippen LogP contribution in [-0.2, 0) is 4.79 Å². The molecule has 5 rings (SSSR count). The molecule has 2 unspecified atom stereocenters. The largest absolute Gasteiger partial charge is 0.356 e. The zero-order valence-electron chi connectivity index (χ0n) is 15.6. The van der Waals surface area contributed by atoms with Gasteiger partial charge < -0.3 is 14.7 Å². The molecular formula is C19H29N5O2. The van der Waals surface area contributed by atoms with E-state index in [1.807, 2.05) is 6.92 Å². The van der Waals surface area contributed by atoms with Crippen molar-refractivity contribution in [3.8, 4) is 0 Å². The van der Waals surface area contributed by atoms with E-state index in [9.17, 15) is 4.79 Å². The van der Waals surface area contributed by atoms with E-state index in [-0.39, 0.29) is 11.3 Å². The summed E-state index contributed by atoms with van der Waals surface area (Å²) in [4.78, 5) is 21.2. The number of aryl methyl sites for hydroxylation is 1. The van der Waals surface area contributed by atoms with Gasteiger partial charge in [-0.1, -0.05) is 11.6 Å². The number of fused-ring (bicyclic) bond motifs is 2. The van der Waals surface area contributed by atoms with Crippen LogP contribution in [0.2, 0.25) is 0 Å². The zero-order chi connectivity index (χ0) is 17.7. The summed E-state index contributed by atoms with van der Waals surface area (Å²) in [5.41, 5.74) is 0.241. The zero-order valence-corrected chi connectivity index (χ0v) is 15.6. The molecule has 4 aliphatic rings. The minimum atomic E-state index is 0.241. The van der Waals surface area contributed by atoms with E-state index in [1.54, 1.807) is 0 Å². The molecule has 142 valence electrons. The van der Waals surface area contributed by atoms with Crippen LogP contribution < -0.4 is 10.2 Å². The molecule has 4 fully saturated rings. The lowest BCUT2D eigenvalue weighted by atomic mass is 9.70. The van der Waals surface area contributed by atoms with Gasteiger partial charge in [-0.2, -0.15) is 4.98 Å². The maximum Gasteiger partial charge on any atom is 0.324 e. The summed E-state index contributed by atoms with van der Waals surface area (Å²) in [7, 11) is 0. The van der Waals surface area contributed by atoms with Crippen LogP contribution in [0.25, 0.3) is 0 Å². The number of anilines is 1. The van der Waals surface area contributed by atoms with Crippen LogP contribution >= 0.6 is 0 Å². The van der Waals surface area contributed by atoms with Crippen molar-refractivity contribution in [3.63, 3.8) is 0 Å². The van der Waals surface area contributed by atoms with Crippen molar-refractivity contribution >= 4 is 11.9 Å². The number of hydrogen-bond acceptors (Lipinski definition) is 6. The first-order valence-electron chi connectivity index (χ1n) is 10.2. The number of piperidine rings is 2. The van der Waals surface area contributed by atoms with Crippen LogP contribution in [0.1, 0.15) is 44.3 Å². The second-order valence-corrected chi connectivity index (χ2v) is 8.96. The molecule has 1 aromatic rings. The van der Waals surface area contributed by atoms with E-state index in [0.717, 1.165) is 52.0 Å². The molecule has 4 heterocycles. The second kappa shape index (κ2) is 6.22. The molecule has 7 nitrogen and oxygen atoms in total. The van der Waals surface area contributed by atoms with Crippen molar-refractivity contribution in [2.75, 3.05) is 37.6 Å².